The van der Waals surface area contributed by atoms with E-state index in [0.29, 0.717) is 19.3 Å². The van der Waals surface area contributed by atoms with Crippen molar-refractivity contribution in [2.24, 2.45) is 0 Å². The number of nitrogens with one attached hydrogen (secondary N) is 1. The molecular weight excluding hydrogens is 286 g/mol. The highest BCUT2D eigenvalue weighted by molar-refractivity contribution is 7.99. The van der Waals surface area contributed by atoms with Crippen molar-refractivity contribution in [3.05, 3.63) is 18.2 Å². The van der Waals surface area contributed by atoms with Crippen molar-refractivity contribution in [3.8, 4) is 11.5 Å². The highest BCUT2D eigenvalue weighted by atomic mass is 32.2. The minimum absolute atomic E-state index is 0.114. The number of hydrogen-bond donors (Lipinski definition) is 2. The molecule has 0 aromatic heterocycles. The highest BCUT2D eigenvalue weighted by Gasteiger charge is 2.24. The molecular formula is C16H25NO3S. The van der Waals surface area contributed by atoms with Gasteiger partial charge in [-0.15, -0.1) is 11.8 Å². The second kappa shape index (κ2) is 7.38. The molecule has 1 aromatic carbocycles. The van der Waals surface area contributed by atoms with Crippen molar-refractivity contribution in [2.75, 3.05) is 25.6 Å². The van der Waals surface area contributed by atoms with Gasteiger partial charge in [-0.25, -0.2) is 0 Å². The molecule has 0 bridgehead atoms. The van der Waals surface area contributed by atoms with Gasteiger partial charge in [0.2, 0.25) is 0 Å². The first-order valence-corrected chi connectivity index (χ1v) is 8.42. The molecule has 118 valence electrons. The quantitative estimate of drug-likeness (QED) is 0.791. The zero-order chi connectivity index (χ0) is 15.3. The van der Waals surface area contributed by atoms with Gasteiger partial charge in [-0.2, -0.15) is 0 Å². The summed E-state index contributed by atoms with van der Waals surface area (Å²) in [7, 11) is 0. The molecule has 1 heterocycles. The van der Waals surface area contributed by atoms with E-state index >= 15 is 0 Å². The standard InChI is InChI=1S/C16H25NO3S/c1-12(2)17-16(3,10-18)11-21-13-5-6-14-15(9-13)20-8-4-7-19-14/h5-6,9,12,17-18H,4,7-8,10-11H2,1-3H3. The largest absolute Gasteiger partial charge is 0.490 e. The Labute approximate surface area is 131 Å². The maximum absolute atomic E-state index is 9.62. The predicted molar refractivity (Wildman–Crippen MR) is 86.5 cm³/mol. The highest BCUT2D eigenvalue weighted by Crippen LogP contribution is 2.34. The van der Waals surface area contributed by atoms with Crippen LogP contribution in [-0.4, -0.2) is 42.3 Å². The number of ether oxygens (including phenoxy) is 2. The van der Waals surface area contributed by atoms with Crippen LogP contribution in [0.2, 0.25) is 0 Å². The molecule has 0 aliphatic carbocycles. The van der Waals surface area contributed by atoms with Crippen molar-refractivity contribution in [1.82, 2.24) is 5.32 Å². The molecule has 0 fully saturated rings. The van der Waals surface area contributed by atoms with Gasteiger partial charge in [-0.1, -0.05) is 13.8 Å². The second-order valence-electron chi connectivity index (χ2n) is 5.97. The zero-order valence-corrected chi connectivity index (χ0v) is 13.8. The minimum Gasteiger partial charge on any atom is -0.490 e. The minimum atomic E-state index is -0.289. The van der Waals surface area contributed by atoms with Gasteiger partial charge in [0.1, 0.15) is 0 Å². The summed E-state index contributed by atoms with van der Waals surface area (Å²) in [4.78, 5) is 1.13. The fraction of sp³-hybridized carbons (Fsp3) is 0.625. The molecule has 1 aliphatic rings. The number of hydrogen-bond acceptors (Lipinski definition) is 5. The van der Waals surface area contributed by atoms with Crippen LogP contribution in [0.4, 0.5) is 0 Å². The second-order valence-corrected chi connectivity index (χ2v) is 7.01. The van der Waals surface area contributed by atoms with Gasteiger partial charge in [-0.3, -0.25) is 0 Å². The van der Waals surface area contributed by atoms with E-state index in [4.69, 9.17) is 9.47 Å². The van der Waals surface area contributed by atoms with Crippen LogP contribution in [0.15, 0.2) is 23.1 Å². The van der Waals surface area contributed by atoms with E-state index in [0.717, 1.165) is 28.6 Å². The summed E-state index contributed by atoms with van der Waals surface area (Å²) in [5.41, 5.74) is -0.289. The summed E-state index contributed by atoms with van der Waals surface area (Å²) in [5, 5.41) is 13.0. The Kier molecular flexibility index (Phi) is 5.79. The van der Waals surface area contributed by atoms with Gasteiger partial charge in [0, 0.05) is 28.6 Å². The summed E-state index contributed by atoms with van der Waals surface area (Å²) < 4.78 is 11.3. The Morgan fingerprint density at radius 3 is 2.67 bits per heavy atom. The average Bonchev–Trinajstić information content (AvgIpc) is 2.69. The molecule has 1 unspecified atom stereocenters. The van der Waals surface area contributed by atoms with Crippen LogP contribution in [0, 0.1) is 0 Å². The van der Waals surface area contributed by atoms with Gasteiger partial charge in [0.15, 0.2) is 11.5 Å². The molecule has 0 spiro atoms. The van der Waals surface area contributed by atoms with E-state index in [-0.39, 0.29) is 12.1 Å². The molecule has 1 atom stereocenters. The van der Waals surface area contributed by atoms with Crippen molar-refractivity contribution in [1.29, 1.82) is 0 Å². The van der Waals surface area contributed by atoms with Crippen LogP contribution < -0.4 is 14.8 Å². The van der Waals surface area contributed by atoms with Crippen LogP contribution in [0.5, 0.6) is 11.5 Å². The molecule has 0 saturated heterocycles. The lowest BCUT2D eigenvalue weighted by Gasteiger charge is -2.30. The van der Waals surface area contributed by atoms with Crippen LogP contribution in [0.1, 0.15) is 27.2 Å². The fourth-order valence-electron chi connectivity index (χ4n) is 2.31. The van der Waals surface area contributed by atoms with Crippen LogP contribution >= 0.6 is 11.8 Å². The van der Waals surface area contributed by atoms with E-state index in [2.05, 4.69) is 19.2 Å². The lowest BCUT2D eigenvalue weighted by molar-refractivity contribution is 0.183. The molecule has 21 heavy (non-hydrogen) atoms. The van der Waals surface area contributed by atoms with Gasteiger partial charge in [0.25, 0.3) is 0 Å². The van der Waals surface area contributed by atoms with Crippen molar-refractivity contribution >= 4 is 11.8 Å². The molecule has 1 aromatic rings. The Morgan fingerprint density at radius 2 is 2.00 bits per heavy atom. The Bertz CT molecular complexity index is 467. The third-order valence-electron chi connectivity index (χ3n) is 3.26. The van der Waals surface area contributed by atoms with E-state index in [9.17, 15) is 5.11 Å². The fourth-order valence-corrected chi connectivity index (χ4v) is 3.32. The molecule has 5 heteroatoms. The normalized spacial score (nSPS) is 17.4. The number of rotatable bonds is 6. The maximum atomic E-state index is 9.62. The predicted octanol–water partition coefficient (Wildman–Crippen LogP) is 2.69. The number of thioether (sulfide) groups is 1. The topological polar surface area (TPSA) is 50.7 Å². The first-order valence-electron chi connectivity index (χ1n) is 7.43. The zero-order valence-electron chi connectivity index (χ0n) is 13.0. The van der Waals surface area contributed by atoms with Crippen LogP contribution in [0.25, 0.3) is 0 Å². The van der Waals surface area contributed by atoms with Gasteiger partial charge < -0.3 is 19.9 Å². The molecule has 2 rings (SSSR count). The lowest BCUT2D eigenvalue weighted by Crippen LogP contribution is -2.51. The summed E-state index contributed by atoms with van der Waals surface area (Å²) in [6.07, 6.45) is 0.915. The van der Waals surface area contributed by atoms with Crippen LogP contribution in [0.3, 0.4) is 0 Å². The SMILES string of the molecule is CC(C)NC(C)(CO)CSc1ccc2c(c1)OCCCO2. The van der Waals surface area contributed by atoms with Crippen molar-refractivity contribution in [2.45, 2.75) is 43.7 Å². The molecule has 0 saturated carbocycles. The average molecular weight is 311 g/mol. The van der Waals surface area contributed by atoms with Crippen molar-refractivity contribution < 1.29 is 14.6 Å². The van der Waals surface area contributed by atoms with Crippen LogP contribution in [-0.2, 0) is 0 Å². The first-order chi connectivity index (χ1) is 10.0. The first kappa shape index (κ1) is 16.5. The van der Waals surface area contributed by atoms with Gasteiger partial charge in [0.05, 0.1) is 19.8 Å². The molecule has 0 amide bonds. The van der Waals surface area contributed by atoms with Crippen molar-refractivity contribution in [3.63, 3.8) is 0 Å². The summed E-state index contributed by atoms with van der Waals surface area (Å²) in [6, 6.07) is 6.38. The van der Waals surface area contributed by atoms with E-state index in [1.807, 2.05) is 25.1 Å². The van der Waals surface area contributed by atoms with Gasteiger partial charge >= 0.3 is 0 Å². The summed E-state index contributed by atoms with van der Waals surface area (Å²) >= 11 is 1.72. The molecule has 1 aliphatic heterocycles. The van der Waals surface area contributed by atoms with Gasteiger partial charge in [-0.05, 0) is 25.1 Å². The Balaban J connectivity index is 2.01. The Hall–Kier alpha value is -0.910. The van der Waals surface area contributed by atoms with E-state index in [1.54, 1.807) is 11.8 Å². The molecule has 4 nitrogen and oxygen atoms in total. The third kappa shape index (κ3) is 4.80. The molecule has 2 N–H and O–H groups in total. The Morgan fingerprint density at radius 1 is 1.29 bits per heavy atom. The monoisotopic (exact) mass is 311 g/mol. The number of benzene rings is 1. The summed E-state index contributed by atoms with van der Waals surface area (Å²) in [5.74, 6) is 2.43. The lowest BCUT2D eigenvalue weighted by atomic mass is 10.1. The summed E-state index contributed by atoms with van der Waals surface area (Å²) in [6.45, 7) is 7.74. The molecule has 0 radical (unpaired) electrons. The smallest absolute Gasteiger partial charge is 0.162 e. The van der Waals surface area contributed by atoms with E-state index in [1.165, 1.54) is 0 Å². The third-order valence-corrected chi connectivity index (χ3v) is 4.63. The number of aliphatic hydroxyl groups excluding tert-OH is 1. The maximum Gasteiger partial charge on any atom is 0.162 e. The van der Waals surface area contributed by atoms with E-state index < -0.39 is 0 Å². The number of fused-ring (bicyclic) bond motifs is 1. The number of aliphatic hydroxyl groups is 1.